The van der Waals surface area contributed by atoms with E-state index in [9.17, 15) is 14.3 Å². The van der Waals surface area contributed by atoms with Crippen molar-refractivity contribution in [2.24, 2.45) is 5.73 Å². The number of piperazine rings is 1. The second-order valence-electron chi connectivity index (χ2n) is 8.49. The van der Waals surface area contributed by atoms with E-state index < -0.39 is 18.6 Å². The van der Waals surface area contributed by atoms with Gasteiger partial charge < -0.3 is 25.8 Å². The molecule has 9 heteroatoms. The van der Waals surface area contributed by atoms with E-state index in [4.69, 9.17) is 15.8 Å². The Morgan fingerprint density at radius 3 is 2.37 bits per heavy atom. The first-order valence-corrected chi connectivity index (χ1v) is 10.8. The van der Waals surface area contributed by atoms with E-state index in [-0.39, 0.29) is 12.1 Å². The zero-order valence-electron chi connectivity index (χ0n) is 17.9. The van der Waals surface area contributed by atoms with Crippen molar-refractivity contribution in [1.82, 2.24) is 9.80 Å². The number of aryl methyl sites for hydroxylation is 1. The van der Waals surface area contributed by atoms with Gasteiger partial charge in [0, 0.05) is 32.7 Å². The largest absolute Gasteiger partial charge is 0.480 e. The van der Waals surface area contributed by atoms with Crippen molar-refractivity contribution in [3.05, 3.63) is 35.1 Å². The standard InChI is InChI=1S/C21H35BFN3O4/c1-17-5-6-18(15-19(17)23)16-26-13-11-25(12-14-26)10-4-8-21(24,20(27)28)7-2-3-9-22(29)30/h5-6,15,29-30H,2-4,7-14,16,24H2,1H3,(H,27,28). The maximum atomic E-state index is 13.7. The van der Waals surface area contributed by atoms with Gasteiger partial charge in [0.05, 0.1) is 0 Å². The number of benzene rings is 1. The third kappa shape index (κ3) is 7.96. The Morgan fingerprint density at radius 1 is 1.13 bits per heavy atom. The molecule has 0 bridgehead atoms. The number of rotatable bonds is 12. The quantitative estimate of drug-likeness (QED) is 0.298. The summed E-state index contributed by atoms with van der Waals surface area (Å²) in [7, 11) is -1.36. The normalized spacial score (nSPS) is 17.6. The van der Waals surface area contributed by atoms with Crippen molar-refractivity contribution < 1.29 is 24.3 Å². The number of carboxylic acid groups (broad SMARTS) is 1. The van der Waals surface area contributed by atoms with E-state index in [1.807, 2.05) is 12.1 Å². The van der Waals surface area contributed by atoms with Crippen LogP contribution in [0.25, 0.3) is 0 Å². The van der Waals surface area contributed by atoms with Crippen molar-refractivity contribution in [1.29, 1.82) is 0 Å². The Labute approximate surface area is 178 Å². The Morgan fingerprint density at radius 2 is 1.77 bits per heavy atom. The maximum absolute atomic E-state index is 13.7. The molecule has 1 aromatic rings. The molecule has 1 aliphatic heterocycles. The molecule has 0 radical (unpaired) electrons. The molecule has 30 heavy (non-hydrogen) atoms. The minimum atomic E-state index is -1.36. The molecule has 1 unspecified atom stereocenters. The smallest absolute Gasteiger partial charge is 0.451 e. The van der Waals surface area contributed by atoms with Crippen molar-refractivity contribution >= 4 is 13.1 Å². The van der Waals surface area contributed by atoms with Crippen LogP contribution in [0.15, 0.2) is 18.2 Å². The summed E-state index contributed by atoms with van der Waals surface area (Å²) < 4.78 is 13.7. The lowest BCUT2D eigenvalue weighted by Gasteiger charge is -2.35. The highest BCUT2D eigenvalue weighted by molar-refractivity contribution is 6.40. The third-order valence-electron chi connectivity index (χ3n) is 5.97. The van der Waals surface area contributed by atoms with E-state index in [1.54, 1.807) is 13.0 Å². The van der Waals surface area contributed by atoms with Crippen LogP contribution in [0.4, 0.5) is 4.39 Å². The summed E-state index contributed by atoms with van der Waals surface area (Å²) in [6, 6.07) is 5.39. The molecule has 2 rings (SSSR count). The van der Waals surface area contributed by atoms with Gasteiger partial charge in [0.1, 0.15) is 11.4 Å². The van der Waals surface area contributed by atoms with Gasteiger partial charge in [-0.3, -0.25) is 9.69 Å². The number of halogens is 1. The molecule has 0 saturated carbocycles. The summed E-state index contributed by atoms with van der Waals surface area (Å²) in [5.74, 6) is -1.16. The minimum absolute atomic E-state index is 0.164. The lowest BCUT2D eigenvalue weighted by molar-refractivity contribution is -0.144. The number of carboxylic acids is 1. The first-order valence-electron chi connectivity index (χ1n) is 10.8. The Balaban J connectivity index is 1.69. The summed E-state index contributed by atoms with van der Waals surface area (Å²) >= 11 is 0. The number of unbranched alkanes of at least 4 members (excludes halogenated alkanes) is 1. The average molecular weight is 423 g/mol. The molecular weight excluding hydrogens is 388 g/mol. The lowest BCUT2D eigenvalue weighted by atomic mass is 9.81. The summed E-state index contributed by atoms with van der Waals surface area (Å²) in [6.45, 7) is 6.88. The Bertz CT molecular complexity index is 686. The topological polar surface area (TPSA) is 110 Å². The van der Waals surface area contributed by atoms with Gasteiger partial charge in [0.15, 0.2) is 0 Å². The van der Waals surface area contributed by atoms with Gasteiger partial charge in [-0.25, -0.2) is 4.39 Å². The van der Waals surface area contributed by atoms with Gasteiger partial charge >= 0.3 is 13.1 Å². The highest BCUT2D eigenvalue weighted by Crippen LogP contribution is 2.20. The first-order chi connectivity index (χ1) is 14.2. The number of hydrogen-bond acceptors (Lipinski definition) is 6. The highest BCUT2D eigenvalue weighted by Gasteiger charge is 2.33. The molecule has 1 aliphatic rings. The molecule has 1 aromatic carbocycles. The van der Waals surface area contributed by atoms with Crippen LogP contribution in [0, 0.1) is 12.7 Å². The predicted molar refractivity (Wildman–Crippen MR) is 115 cm³/mol. The molecule has 168 valence electrons. The van der Waals surface area contributed by atoms with Crippen molar-refractivity contribution in [3.8, 4) is 0 Å². The Kier molecular flexibility index (Phi) is 9.70. The van der Waals surface area contributed by atoms with Gasteiger partial charge in [-0.05, 0) is 56.2 Å². The van der Waals surface area contributed by atoms with Crippen LogP contribution in [0.3, 0.4) is 0 Å². The number of nitrogens with two attached hydrogens (primary N) is 1. The molecule has 5 N–H and O–H groups in total. The fourth-order valence-electron chi connectivity index (χ4n) is 3.89. The average Bonchev–Trinajstić information content (AvgIpc) is 2.69. The molecular formula is C21H35BFN3O4. The van der Waals surface area contributed by atoms with Gasteiger partial charge in [0.2, 0.25) is 0 Å². The van der Waals surface area contributed by atoms with Crippen molar-refractivity contribution in [3.63, 3.8) is 0 Å². The van der Waals surface area contributed by atoms with Crippen LogP contribution in [-0.4, -0.2) is 76.3 Å². The van der Waals surface area contributed by atoms with Crippen LogP contribution in [0.2, 0.25) is 6.32 Å². The number of hydrogen-bond donors (Lipinski definition) is 4. The van der Waals surface area contributed by atoms with Crippen LogP contribution >= 0.6 is 0 Å². The van der Waals surface area contributed by atoms with Crippen LogP contribution in [0.5, 0.6) is 0 Å². The molecule has 1 saturated heterocycles. The molecule has 0 spiro atoms. The fourth-order valence-corrected chi connectivity index (χ4v) is 3.89. The lowest BCUT2D eigenvalue weighted by Crippen LogP contribution is -2.49. The second kappa shape index (κ2) is 11.8. The molecule has 0 amide bonds. The number of aliphatic carboxylic acids is 1. The minimum Gasteiger partial charge on any atom is -0.480 e. The second-order valence-corrected chi connectivity index (χ2v) is 8.49. The Hall–Kier alpha value is -1.52. The van der Waals surface area contributed by atoms with Crippen molar-refractivity contribution in [2.45, 2.75) is 57.4 Å². The maximum Gasteiger partial charge on any atom is 0.451 e. The zero-order chi connectivity index (χ0) is 22.1. The fraction of sp³-hybridized carbons (Fsp3) is 0.667. The van der Waals surface area contributed by atoms with E-state index in [1.165, 1.54) is 0 Å². The van der Waals surface area contributed by atoms with E-state index in [2.05, 4.69) is 9.80 Å². The highest BCUT2D eigenvalue weighted by atomic mass is 19.1. The summed E-state index contributed by atoms with van der Waals surface area (Å²) in [6.07, 6.45) is 2.75. The molecule has 1 heterocycles. The molecule has 7 nitrogen and oxygen atoms in total. The van der Waals surface area contributed by atoms with Crippen molar-refractivity contribution in [2.75, 3.05) is 32.7 Å². The number of nitrogens with zero attached hydrogens (tertiary/aromatic N) is 2. The summed E-state index contributed by atoms with van der Waals surface area (Å²) in [5, 5.41) is 27.3. The third-order valence-corrected chi connectivity index (χ3v) is 5.97. The van der Waals surface area contributed by atoms with E-state index >= 15 is 0 Å². The zero-order valence-corrected chi connectivity index (χ0v) is 17.9. The van der Waals surface area contributed by atoms with E-state index in [0.717, 1.165) is 44.8 Å². The predicted octanol–water partition coefficient (Wildman–Crippen LogP) is 1.46. The number of carbonyl (C=O) groups is 1. The SMILES string of the molecule is Cc1ccc(CN2CCN(CCCC(N)(CCCCB(O)O)C(=O)O)CC2)cc1F. The van der Waals surface area contributed by atoms with Gasteiger partial charge in [-0.15, -0.1) is 0 Å². The summed E-state index contributed by atoms with van der Waals surface area (Å²) in [5.41, 5.74) is 6.50. The molecule has 0 aromatic heterocycles. The van der Waals surface area contributed by atoms with Crippen LogP contribution in [0.1, 0.15) is 43.2 Å². The summed E-state index contributed by atoms with van der Waals surface area (Å²) in [4.78, 5) is 16.2. The molecule has 1 fully saturated rings. The first kappa shape index (κ1) is 24.8. The molecule has 0 aliphatic carbocycles. The molecule has 1 atom stereocenters. The van der Waals surface area contributed by atoms with Crippen LogP contribution in [-0.2, 0) is 11.3 Å². The monoisotopic (exact) mass is 423 g/mol. The van der Waals surface area contributed by atoms with E-state index in [0.29, 0.717) is 37.7 Å². The van der Waals surface area contributed by atoms with Crippen LogP contribution < -0.4 is 5.73 Å². The van der Waals surface area contributed by atoms with Gasteiger partial charge in [0.25, 0.3) is 0 Å². The van der Waals surface area contributed by atoms with Gasteiger partial charge in [-0.2, -0.15) is 0 Å². The van der Waals surface area contributed by atoms with Gasteiger partial charge in [-0.1, -0.05) is 25.0 Å².